The average molecular weight is 435 g/mol. The summed E-state index contributed by atoms with van der Waals surface area (Å²) in [5.74, 6) is 0.378. The molecule has 0 atom stereocenters. The van der Waals surface area contributed by atoms with Crippen LogP contribution in [0.1, 0.15) is 12.0 Å². The van der Waals surface area contributed by atoms with Crippen molar-refractivity contribution in [3.8, 4) is 22.9 Å². The fourth-order valence-corrected chi connectivity index (χ4v) is 3.89. The molecule has 0 aliphatic heterocycles. The van der Waals surface area contributed by atoms with E-state index in [1.54, 1.807) is 33.5 Å². The lowest BCUT2D eigenvalue weighted by molar-refractivity contribution is 0.189. The van der Waals surface area contributed by atoms with E-state index in [2.05, 4.69) is 10.2 Å². The van der Waals surface area contributed by atoms with Gasteiger partial charge in [0.05, 0.1) is 14.2 Å². The van der Waals surface area contributed by atoms with E-state index in [4.69, 9.17) is 14.2 Å². The lowest BCUT2D eigenvalue weighted by Gasteiger charge is -2.12. The van der Waals surface area contributed by atoms with E-state index in [1.165, 1.54) is 17.8 Å². The number of aromatic nitrogens is 3. The predicted molar refractivity (Wildman–Crippen MR) is 111 cm³/mol. The van der Waals surface area contributed by atoms with Gasteiger partial charge in [0.25, 0.3) is 0 Å². The zero-order chi connectivity index (χ0) is 21.5. The van der Waals surface area contributed by atoms with Crippen LogP contribution >= 0.6 is 11.8 Å². The number of thioether (sulfide) groups is 1. The highest BCUT2D eigenvalue weighted by molar-refractivity contribution is 7.98. The molecule has 0 N–H and O–H groups in total. The van der Waals surface area contributed by atoms with E-state index in [0.29, 0.717) is 35.6 Å². The maximum Gasteiger partial charge on any atom is 0.191 e. The minimum absolute atomic E-state index is 0.234. The highest BCUT2D eigenvalue weighted by Crippen LogP contribution is 2.33. The summed E-state index contributed by atoms with van der Waals surface area (Å²) in [6.07, 6.45) is 0.747. The number of rotatable bonds is 10. The van der Waals surface area contributed by atoms with Crippen LogP contribution in [0, 0.1) is 11.6 Å². The van der Waals surface area contributed by atoms with Crippen LogP contribution in [-0.2, 0) is 17.0 Å². The summed E-state index contributed by atoms with van der Waals surface area (Å²) in [6, 6.07) is 9.66. The van der Waals surface area contributed by atoms with Crippen molar-refractivity contribution in [2.45, 2.75) is 23.9 Å². The zero-order valence-electron chi connectivity index (χ0n) is 17.0. The number of methoxy groups -OCH3 is 3. The van der Waals surface area contributed by atoms with Crippen molar-refractivity contribution in [2.24, 2.45) is 0 Å². The monoisotopic (exact) mass is 435 g/mol. The Morgan fingerprint density at radius 3 is 2.53 bits per heavy atom. The number of nitrogens with zero attached hydrogens (tertiary/aromatic N) is 3. The maximum absolute atomic E-state index is 14.0. The Bertz CT molecular complexity index is 998. The lowest BCUT2D eigenvalue weighted by atomic mass is 10.2. The van der Waals surface area contributed by atoms with E-state index in [-0.39, 0.29) is 11.3 Å². The third-order valence-electron chi connectivity index (χ3n) is 4.48. The molecule has 0 unspecified atom stereocenters. The van der Waals surface area contributed by atoms with E-state index in [1.807, 2.05) is 16.7 Å². The van der Waals surface area contributed by atoms with Crippen molar-refractivity contribution in [3.05, 3.63) is 53.6 Å². The standard InChI is InChI=1S/C21H23F2N3O3S/c1-27-11-5-10-26-20(14-8-9-17(28-2)18(12-14)29-3)24-25-21(26)30-13-15-6-4-7-16(22)19(15)23/h4,6-9,12H,5,10-11,13H2,1-3H3. The Balaban J connectivity index is 1.90. The smallest absolute Gasteiger partial charge is 0.191 e. The summed E-state index contributed by atoms with van der Waals surface area (Å²) in [5.41, 5.74) is 1.08. The van der Waals surface area contributed by atoms with E-state index < -0.39 is 11.6 Å². The van der Waals surface area contributed by atoms with Crippen LogP contribution in [0.15, 0.2) is 41.6 Å². The molecular formula is C21H23F2N3O3S. The van der Waals surface area contributed by atoms with Gasteiger partial charge < -0.3 is 18.8 Å². The Labute approximate surface area is 178 Å². The molecular weight excluding hydrogens is 412 g/mol. The molecule has 3 aromatic rings. The summed E-state index contributed by atoms with van der Waals surface area (Å²) in [7, 11) is 4.79. The predicted octanol–water partition coefficient (Wildman–Crippen LogP) is 4.57. The lowest BCUT2D eigenvalue weighted by Crippen LogP contribution is -2.06. The molecule has 0 aliphatic rings. The molecule has 0 fully saturated rings. The molecule has 0 saturated carbocycles. The van der Waals surface area contributed by atoms with Gasteiger partial charge in [-0.2, -0.15) is 0 Å². The molecule has 0 radical (unpaired) electrons. The molecule has 0 aliphatic carbocycles. The van der Waals surface area contributed by atoms with Crippen molar-refractivity contribution in [3.63, 3.8) is 0 Å². The summed E-state index contributed by atoms with van der Waals surface area (Å²) < 4.78 is 45.3. The average Bonchev–Trinajstić information content (AvgIpc) is 3.17. The van der Waals surface area contributed by atoms with Gasteiger partial charge in [0.1, 0.15) is 0 Å². The van der Waals surface area contributed by atoms with Gasteiger partial charge in [-0.3, -0.25) is 0 Å². The number of ether oxygens (including phenoxy) is 3. The van der Waals surface area contributed by atoms with Crippen LogP contribution < -0.4 is 9.47 Å². The molecule has 0 amide bonds. The topological polar surface area (TPSA) is 58.4 Å². The summed E-state index contributed by atoms with van der Waals surface area (Å²) in [6.45, 7) is 1.19. The third-order valence-corrected chi connectivity index (χ3v) is 5.49. The van der Waals surface area contributed by atoms with Crippen LogP contribution in [0.3, 0.4) is 0 Å². The second-order valence-electron chi connectivity index (χ2n) is 6.38. The van der Waals surface area contributed by atoms with E-state index >= 15 is 0 Å². The minimum atomic E-state index is -0.860. The number of hydrogen-bond donors (Lipinski definition) is 0. The van der Waals surface area contributed by atoms with Gasteiger partial charge in [0.2, 0.25) is 0 Å². The molecule has 0 saturated heterocycles. The summed E-state index contributed by atoms with van der Waals surface area (Å²) in [5, 5.41) is 9.23. The summed E-state index contributed by atoms with van der Waals surface area (Å²) in [4.78, 5) is 0. The second-order valence-corrected chi connectivity index (χ2v) is 7.32. The number of benzene rings is 2. The van der Waals surface area contributed by atoms with Crippen molar-refractivity contribution in [2.75, 3.05) is 27.9 Å². The molecule has 3 rings (SSSR count). The molecule has 1 heterocycles. The van der Waals surface area contributed by atoms with Crippen LogP contribution in [0.25, 0.3) is 11.4 Å². The number of halogens is 2. The van der Waals surface area contributed by atoms with Gasteiger partial charge in [-0.05, 0) is 30.7 Å². The molecule has 0 bridgehead atoms. The van der Waals surface area contributed by atoms with Crippen LogP contribution in [0.2, 0.25) is 0 Å². The Kier molecular flexibility index (Phi) is 7.64. The Morgan fingerprint density at radius 1 is 1.00 bits per heavy atom. The van der Waals surface area contributed by atoms with Crippen molar-refractivity contribution < 1.29 is 23.0 Å². The first-order valence-electron chi connectivity index (χ1n) is 9.29. The normalized spacial score (nSPS) is 11.0. The molecule has 6 nitrogen and oxygen atoms in total. The Hall–Kier alpha value is -2.65. The zero-order valence-corrected chi connectivity index (χ0v) is 17.8. The fraction of sp³-hybridized carbons (Fsp3) is 0.333. The molecule has 160 valence electrons. The first-order chi connectivity index (χ1) is 14.6. The second kappa shape index (κ2) is 10.4. The van der Waals surface area contributed by atoms with Crippen molar-refractivity contribution in [1.82, 2.24) is 14.8 Å². The highest BCUT2D eigenvalue weighted by Gasteiger charge is 2.17. The van der Waals surface area contributed by atoms with Gasteiger partial charge in [0, 0.05) is 37.1 Å². The van der Waals surface area contributed by atoms with Gasteiger partial charge in [-0.25, -0.2) is 8.78 Å². The van der Waals surface area contributed by atoms with Gasteiger partial charge in [-0.1, -0.05) is 23.9 Å². The first kappa shape index (κ1) is 22.0. The van der Waals surface area contributed by atoms with Gasteiger partial charge in [0.15, 0.2) is 34.1 Å². The Morgan fingerprint density at radius 2 is 1.80 bits per heavy atom. The molecule has 30 heavy (non-hydrogen) atoms. The third kappa shape index (κ3) is 4.91. The van der Waals surface area contributed by atoms with Gasteiger partial charge in [-0.15, -0.1) is 10.2 Å². The van der Waals surface area contributed by atoms with E-state index in [0.717, 1.165) is 18.1 Å². The van der Waals surface area contributed by atoms with E-state index in [9.17, 15) is 8.78 Å². The number of hydrogen-bond acceptors (Lipinski definition) is 6. The summed E-state index contributed by atoms with van der Waals surface area (Å²) >= 11 is 1.30. The molecule has 1 aromatic heterocycles. The molecule has 0 spiro atoms. The molecule has 2 aromatic carbocycles. The van der Waals surface area contributed by atoms with Crippen LogP contribution in [0.4, 0.5) is 8.78 Å². The van der Waals surface area contributed by atoms with Crippen LogP contribution in [0.5, 0.6) is 11.5 Å². The van der Waals surface area contributed by atoms with Crippen molar-refractivity contribution in [1.29, 1.82) is 0 Å². The van der Waals surface area contributed by atoms with Gasteiger partial charge >= 0.3 is 0 Å². The first-order valence-corrected chi connectivity index (χ1v) is 10.3. The quantitative estimate of drug-likeness (QED) is 0.344. The highest BCUT2D eigenvalue weighted by atomic mass is 32.2. The van der Waals surface area contributed by atoms with Crippen molar-refractivity contribution >= 4 is 11.8 Å². The minimum Gasteiger partial charge on any atom is -0.493 e. The SMILES string of the molecule is COCCCn1c(SCc2cccc(F)c2F)nnc1-c1ccc(OC)c(OC)c1. The van der Waals surface area contributed by atoms with Crippen LogP contribution in [-0.4, -0.2) is 42.7 Å². The maximum atomic E-state index is 14.0. The molecule has 9 heteroatoms. The largest absolute Gasteiger partial charge is 0.493 e. The fourth-order valence-electron chi connectivity index (χ4n) is 2.96.